The lowest BCUT2D eigenvalue weighted by Gasteiger charge is -2.12. The molecule has 0 amide bonds. The minimum atomic E-state index is 0.703. The quantitative estimate of drug-likeness (QED) is 0.153. The van der Waals surface area contributed by atoms with E-state index in [4.69, 9.17) is 19.9 Å². The highest BCUT2D eigenvalue weighted by molar-refractivity contribution is 6.08. The van der Waals surface area contributed by atoms with E-state index in [0.717, 1.165) is 89.1 Å². The average Bonchev–Trinajstić information content (AvgIpc) is 3.29. The predicted molar refractivity (Wildman–Crippen MR) is 235 cm³/mol. The molecule has 57 heavy (non-hydrogen) atoms. The molecule has 0 aliphatic carbocycles. The largest absolute Gasteiger partial charge is 0.251 e. The number of nitrogens with zero attached hydrogens (tertiary/aromatic N) is 4. The van der Waals surface area contributed by atoms with Crippen LogP contribution in [0.15, 0.2) is 200 Å². The summed E-state index contributed by atoms with van der Waals surface area (Å²) in [6, 6.07) is 69.9. The van der Waals surface area contributed by atoms with Crippen LogP contribution in [0.3, 0.4) is 0 Å². The highest BCUT2D eigenvalue weighted by Gasteiger charge is 2.14. The first-order valence-corrected chi connectivity index (χ1v) is 19.2. The SMILES string of the molecule is Cc1cc(-c2ccc(-c3ccc(-c4cc(-c5ccc(-c6ccccc6)cc5)nc(-c5ccccc5)n4)cc3)cc2)c2ccc3ccc(-c4ccccc4)nc3c2n1. The topological polar surface area (TPSA) is 51.6 Å². The van der Waals surface area contributed by atoms with Gasteiger partial charge < -0.3 is 0 Å². The Bertz CT molecular complexity index is 3020. The first-order chi connectivity index (χ1) is 28.1. The predicted octanol–water partition coefficient (Wildman–Crippen LogP) is 13.6. The van der Waals surface area contributed by atoms with Crippen LogP contribution in [0.25, 0.3) is 100 Å². The Morgan fingerprint density at radius 3 is 1.30 bits per heavy atom. The van der Waals surface area contributed by atoms with Crippen molar-refractivity contribution in [2.24, 2.45) is 0 Å². The lowest BCUT2D eigenvalue weighted by molar-refractivity contribution is 1.18. The van der Waals surface area contributed by atoms with E-state index in [1.54, 1.807) is 0 Å². The highest BCUT2D eigenvalue weighted by Crippen LogP contribution is 2.35. The Morgan fingerprint density at radius 2 is 0.737 bits per heavy atom. The molecule has 268 valence electrons. The summed E-state index contributed by atoms with van der Waals surface area (Å²) in [5.41, 5.74) is 16.6. The van der Waals surface area contributed by atoms with Crippen LogP contribution in [-0.2, 0) is 0 Å². The normalized spacial score (nSPS) is 11.2. The fourth-order valence-corrected chi connectivity index (χ4v) is 7.61. The Kier molecular flexibility index (Phi) is 8.69. The summed E-state index contributed by atoms with van der Waals surface area (Å²) >= 11 is 0. The van der Waals surface area contributed by atoms with Crippen LogP contribution in [-0.4, -0.2) is 19.9 Å². The number of pyridine rings is 2. The van der Waals surface area contributed by atoms with Crippen molar-refractivity contribution in [3.05, 3.63) is 206 Å². The fraction of sp³-hybridized carbons (Fsp3) is 0.0189. The second-order valence-electron chi connectivity index (χ2n) is 14.3. The van der Waals surface area contributed by atoms with E-state index in [0.29, 0.717) is 5.82 Å². The molecule has 0 fully saturated rings. The zero-order valence-electron chi connectivity index (χ0n) is 31.3. The molecular formula is C53H36N4. The van der Waals surface area contributed by atoms with E-state index in [9.17, 15) is 0 Å². The molecule has 10 rings (SSSR count). The van der Waals surface area contributed by atoms with Gasteiger partial charge in [0, 0.05) is 38.7 Å². The highest BCUT2D eigenvalue weighted by atomic mass is 14.9. The van der Waals surface area contributed by atoms with Crippen LogP contribution < -0.4 is 0 Å². The van der Waals surface area contributed by atoms with Crippen molar-refractivity contribution in [3.8, 4) is 78.5 Å². The van der Waals surface area contributed by atoms with Gasteiger partial charge in [0.15, 0.2) is 5.82 Å². The van der Waals surface area contributed by atoms with Gasteiger partial charge in [0.1, 0.15) is 0 Å². The zero-order chi connectivity index (χ0) is 38.1. The van der Waals surface area contributed by atoms with Crippen LogP contribution in [0.2, 0.25) is 0 Å². The monoisotopic (exact) mass is 728 g/mol. The molecule has 3 aromatic heterocycles. The molecule has 7 aromatic carbocycles. The molecule has 0 saturated carbocycles. The molecule has 0 bridgehead atoms. The molecular weight excluding hydrogens is 693 g/mol. The van der Waals surface area contributed by atoms with Gasteiger partial charge >= 0.3 is 0 Å². The Morgan fingerprint density at radius 1 is 0.298 bits per heavy atom. The number of hydrogen-bond acceptors (Lipinski definition) is 4. The fourth-order valence-electron chi connectivity index (χ4n) is 7.61. The summed E-state index contributed by atoms with van der Waals surface area (Å²) in [6.45, 7) is 2.06. The van der Waals surface area contributed by atoms with Crippen molar-refractivity contribution < 1.29 is 0 Å². The lowest BCUT2D eigenvalue weighted by Crippen LogP contribution is -1.96. The summed E-state index contributed by atoms with van der Waals surface area (Å²) in [5, 5.41) is 2.17. The molecule has 4 nitrogen and oxygen atoms in total. The van der Waals surface area contributed by atoms with Gasteiger partial charge in [-0.15, -0.1) is 0 Å². The second-order valence-corrected chi connectivity index (χ2v) is 14.3. The lowest BCUT2D eigenvalue weighted by atomic mass is 9.96. The maximum atomic E-state index is 5.12. The van der Waals surface area contributed by atoms with E-state index in [2.05, 4.69) is 165 Å². The number of hydrogen-bond donors (Lipinski definition) is 0. The van der Waals surface area contributed by atoms with Gasteiger partial charge in [-0.05, 0) is 58.5 Å². The van der Waals surface area contributed by atoms with Gasteiger partial charge in [-0.2, -0.15) is 0 Å². The van der Waals surface area contributed by atoms with Gasteiger partial charge in [0.05, 0.1) is 28.1 Å². The number of fused-ring (bicyclic) bond motifs is 3. The third kappa shape index (κ3) is 6.75. The standard InChI is InChI=1S/C53H36N4/c1-35-33-47(46-31-29-44-30-32-48(41-13-7-3-8-14-41)55-51(44)52(46)54-35)40-23-17-38(18-24-40)39-21-27-43(28-22-39)50-34-49(56-53(57-50)45-15-9-4-10-16-45)42-25-19-37(20-26-42)36-11-5-2-6-12-36/h2-34H,1H3. The molecule has 0 unspecified atom stereocenters. The molecule has 0 atom stereocenters. The molecule has 0 saturated heterocycles. The van der Waals surface area contributed by atoms with Crippen molar-refractivity contribution in [3.63, 3.8) is 0 Å². The Hall–Kier alpha value is -7.56. The van der Waals surface area contributed by atoms with Gasteiger partial charge in [0.25, 0.3) is 0 Å². The van der Waals surface area contributed by atoms with E-state index >= 15 is 0 Å². The van der Waals surface area contributed by atoms with E-state index < -0.39 is 0 Å². The molecule has 0 aliphatic heterocycles. The first-order valence-electron chi connectivity index (χ1n) is 19.2. The van der Waals surface area contributed by atoms with Crippen LogP contribution in [0.1, 0.15) is 5.69 Å². The third-order valence-electron chi connectivity index (χ3n) is 10.6. The van der Waals surface area contributed by atoms with Crippen molar-refractivity contribution in [2.45, 2.75) is 6.92 Å². The maximum absolute atomic E-state index is 5.12. The number of aromatic nitrogens is 4. The number of aryl methyl sites for hydroxylation is 1. The summed E-state index contributed by atoms with van der Waals surface area (Å²) in [7, 11) is 0. The molecule has 0 spiro atoms. The summed E-state index contributed by atoms with van der Waals surface area (Å²) in [4.78, 5) is 20.2. The summed E-state index contributed by atoms with van der Waals surface area (Å²) in [6.07, 6.45) is 0. The molecule has 4 heteroatoms. The average molecular weight is 729 g/mol. The molecule has 3 heterocycles. The Labute approximate surface area is 331 Å². The van der Waals surface area contributed by atoms with Crippen molar-refractivity contribution in [1.29, 1.82) is 0 Å². The first kappa shape index (κ1) is 34.0. The maximum Gasteiger partial charge on any atom is 0.160 e. The smallest absolute Gasteiger partial charge is 0.160 e. The molecule has 10 aromatic rings. The van der Waals surface area contributed by atoms with E-state index in [1.807, 2.05) is 42.5 Å². The zero-order valence-corrected chi connectivity index (χ0v) is 31.3. The molecule has 0 N–H and O–H groups in total. The van der Waals surface area contributed by atoms with Crippen molar-refractivity contribution in [2.75, 3.05) is 0 Å². The van der Waals surface area contributed by atoms with Crippen LogP contribution in [0, 0.1) is 6.92 Å². The van der Waals surface area contributed by atoms with Crippen LogP contribution in [0.4, 0.5) is 0 Å². The van der Waals surface area contributed by atoms with Crippen LogP contribution in [0.5, 0.6) is 0 Å². The minimum absolute atomic E-state index is 0.703. The van der Waals surface area contributed by atoms with Crippen LogP contribution >= 0.6 is 0 Å². The van der Waals surface area contributed by atoms with Crippen molar-refractivity contribution in [1.82, 2.24) is 19.9 Å². The van der Waals surface area contributed by atoms with Gasteiger partial charge in [-0.1, -0.05) is 182 Å². The third-order valence-corrected chi connectivity index (χ3v) is 10.6. The minimum Gasteiger partial charge on any atom is -0.251 e. The van der Waals surface area contributed by atoms with Crippen molar-refractivity contribution >= 4 is 21.8 Å². The van der Waals surface area contributed by atoms with E-state index in [1.165, 1.54) is 11.1 Å². The molecule has 0 aliphatic rings. The summed E-state index contributed by atoms with van der Waals surface area (Å²) < 4.78 is 0. The molecule has 0 radical (unpaired) electrons. The second kappa shape index (κ2) is 14.6. The van der Waals surface area contributed by atoms with Gasteiger partial charge in [-0.25, -0.2) is 15.0 Å². The van der Waals surface area contributed by atoms with Gasteiger partial charge in [0.2, 0.25) is 0 Å². The Balaban J connectivity index is 0.965. The van der Waals surface area contributed by atoms with E-state index in [-0.39, 0.29) is 0 Å². The number of benzene rings is 7. The summed E-state index contributed by atoms with van der Waals surface area (Å²) in [5.74, 6) is 0.703. The number of rotatable bonds is 7. The van der Waals surface area contributed by atoms with Gasteiger partial charge in [-0.3, -0.25) is 4.98 Å².